The molecule has 3 rings (SSSR count). The molecule has 144 valence electrons. The molecule has 28 heavy (non-hydrogen) atoms. The minimum Gasteiger partial charge on any atom is -0.347 e. The average molecular weight is 395 g/mol. The number of carbonyl (C=O) groups is 1. The molecular formula is C22H23ClN4O. The van der Waals surface area contributed by atoms with Gasteiger partial charge in [-0.1, -0.05) is 60.1 Å². The van der Waals surface area contributed by atoms with Gasteiger partial charge in [0.1, 0.15) is 5.69 Å². The van der Waals surface area contributed by atoms with Crippen molar-refractivity contribution in [1.82, 2.24) is 15.3 Å². The van der Waals surface area contributed by atoms with Crippen LogP contribution >= 0.6 is 11.6 Å². The fourth-order valence-corrected chi connectivity index (χ4v) is 2.99. The summed E-state index contributed by atoms with van der Waals surface area (Å²) in [6.07, 6.45) is 1.62. The van der Waals surface area contributed by atoms with Gasteiger partial charge in [0.25, 0.3) is 5.91 Å². The maximum atomic E-state index is 12.6. The van der Waals surface area contributed by atoms with E-state index in [4.69, 9.17) is 11.6 Å². The van der Waals surface area contributed by atoms with E-state index in [0.717, 1.165) is 11.1 Å². The molecule has 0 atom stereocenters. The van der Waals surface area contributed by atoms with Gasteiger partial charge in [-0.25, -0.2) is 9.97 Å². The number of carbonyl (C=O) groups excluding carboxylic acids is 1. The number of rotatable bonds is 7. The van der Waals surface area contributed by atoms with E-state index in [-0.39, 0.29) is 11.9 Å². The summed E-state index contributed by atoms with van der Waals surface area (Å²) < 4.78 is 0. The summed E-state index contributed by atoms with van der Waals surface area (Å²) in [4.78, 5) is 23.5. The summed E-state index contributed by atoms with van der Waals surface area (Å²) >= 11 is 6.15. The predicted octanol–water partition coefficient (Wildman–Crippen LogP) is 4.48. The Balaban J connectivity index is 1.74. The highest BCUT2D eigenvalue weighted by atomic mass is 35.5. The molecule has 1 heterocycles. The Kier molecular flexibility index (Phi) is 6.61. The van der Waals surface area contributed by atoms with Crippen molar-refractivity contribution >= 4 is 23.5 Å². The molecule has 1 aromatic heterocycles. The molecule has 3 aromatic rings. The quantitative estimate of drug-likeness (QED) is 0.642. The SMILES string of the molecule is CC(C)N(Cc1ccccc1)c1nccc(C(=O)NCc2ccccc2Cl)n1. The molecule has 0 aliphatic heterocycles. The van der Waals surface area contributed by atoms with Crippen molar-refractivity contribution in [3.8, 4) is 0 Å². The fourth-order valence-electron chi connectivity index (χ4n) is 2.79. The Labute approximate surface area is 170 Å². The normalized spacial score (nSPS) is 10.7. The highest BCUT2D eigenvalue weighted by Gasteiger charge is 2.17. The smallest absolute Gasteiger partial charge is 0.270 e. The number of aromatic nitrogens is 2. The van der Waals surface area contributed by atoms with Crippen molar-refractivity contribution in [2.75, 3.05) is 4.90 Å². The molecule has 0 aliphatic rings. The van der Waals surface area contributed by atoms with E-state index in [9.17, 15) is 4.79 Å². The van der Waals surface area contributed by atoms with E-state index in [2.05, 4.69) is 46.2 Å². The van der Waals surface area contributed by atoms with Crippen LogP contribution in [0.4, 0.5) is 5.95 Å². The van der Waals surface area contributed by atoms with E-state index < -0.39 is 0 Å². The second-order valence-electron chi connectivity index (χ2n) is 6.72. The third-order valence-electron chi connectivity index (χ3n) is 4.35. The van der Waals surface area contributed by atoms with Gasteiger partial charge in [0.2, 0.25) is 5.95 Å². The zero-order valence-corrected chi connectivity index (χ0v) is 16.7. The fraction of sp³-hybridized carbons (Fsp3) is 0.227. The van der Waals surface area contributed by atoms with Crippen LogP contribution in [0.5, 0.6) is 0 Å². The third-order valence-corrected chi connectivity index (χ3v) is 4.72. The number of hydrogen-bond acceptors (Lipinski definition) is 4. The highest BCUT2D eigenvalue weighted by molar-refractivity contribution is 6.31. The predicted molar refractivity (Wildman–Crippen MR) is 112 cm³/mol. The molecular weight excluding hydrogens is 372 g/mol. The monoisotopic (exact) mass is 394 g/mol. The lowest BCUT2D eigenvalue weighted by molar-refractivity contribution is 0.0946. The zero-order valence-electron chi connectivity index (χ0n) is 16.0. The summed E-state index contributed by atoms with van der Waals surface area (Å²) in [7, 11) is 0. The molecule has 0 fully saturated rings. The van der Waals surface area contributed by atoms with Crippen LogP contribution in [0.2, 0.25) is 5.02 Å². The Morgan fingerprint density at radius 2 is 1.79 bits per heavy atom. The number of nitrogens with zero attached hydrogens (tertiary/aromatic N) is 3. The Bertz CT molecular complexity index is 931. The van der Waals surface area contributed by atoms with E-state index in [1.807, 2.05) is 36.4 Å². The summed E-state index contributed by atoms with van der Waals surface area (Å²) in [5, 5.41) is 3.49. The lowest BCUT2D eigenvalue weighted by atomic mass is 10.2. The van der Waals surface area contributed by atoms with Gasteiger partial charge in [0, 0.05) is 30.4 Å². The van der Waals surface area contributed by atoms with E-state index in [1.165, 1.54) is 0 Å². The average Bonchev–Trinajstić information content (AvgIpc) is 2.72. The van der Waals surface area contributed by atoms with Gasteiger partial charge in [0.15, 0.2) is 0 Å². The first-order valence-electron chi connectivity index (χ1n) is 9.20. The molecule has 1 N–H and O–H groups in total. The lowest BCUT2D eigenvalue weighted by Crippen LogP contribution is -2.32. The highest BCUT2D eigenvalue weighted by Crippen LogP contribution is 2.17. The second-order valence-corrected chi connectivity index (χ2v) is 7.13. The standard InChI is InChI=1S/C22H23ClN4O/c1-16(2)27(15-17-8-4-3-5-9-17)22-24-13-12-20(26-22)21(28)25-14-18-10-6-7-11-19(18)23/h3-13,16H,14-15H2,1-2H3,(H,25,28). The van der Waals surface area contributed by atoms with Gasteiger partial charge in [-0.15, -0.1) is 0 Å². The third kappa shape index (κ3) is 5.08. The van der Waals surface area contributed by atoms with Crippen LogP contribution in [0.15, 0.2) is 66.9 Å². The van der Waals surface area contributed by atoms with Gasteiger partial charge >= 0.3 is 0 Å². The van der Waals surface area contributed by atoms with Crippen LogP contribution in [0.1, 0.15) is 35.5 Å². The van der Waals surface area contributed by atoms with Crippen LogP contribution in [0.25, 0.3) is 0 Å². The number of anilines is 1. The molecule has 5 nitrogen and oxygen atoms in total. The molecule has 0 aliphatic carbocycles. The van der Waals surface area contributed by atoms with Gasteiger partial charge in [0.05, 0.1) is 0 Å². The molecule has 0 spiro atoms. The Hall–Kier alpha value is -2.92. The van der Waals surface area contributed by atoms with Crippen LogP contribution in [-0.4, -0.2) is 21.9 Å². The topological polar surface area (TPSA) is 58.1 Å². The molecule has 6 heteroatoms. The lowest BCUT2D eigenvalue weighted by Gasteiger charge is -2.27. The van der Waals surface area contributed by atoms with Crippen molar-refractivity contribution in [2.24, 2.45) is 0 Å². The van der Waals surface area contributed by atoms with Crippen molar-refractivity contribution in [2.45, 2.75) is 33.0 Å². The molecule has 0 radical (unpaired) electrons. The molecule has 0 unspecified atom stereocenters. The van der Waals surface area contributed by atoms with Crippen molar-refractivity contribution in [3.05, 3.63) is 88.7 Å². The van der Waals surface area contributed by atoms with Crippen LogP contribution in [0.3, 0.4) is 0 Å². The largest absolute Gasteiger partial charge is 0.347 e. The van der Waals surface area contributed by atoms with Crippen LogP contribution in [0, 0.1) is 0 Å². The Morgan fingerprint density at radius 1 is 1.07 bits per heavy atom. The number of benzene rings is 2. The van der Waals surface area contributed by atoms with Gasteiger partial charge < -0.3 is 10.2 Å². The Morgan fingerprint density at radius 3 is 2.50 bits per heavy atom. The van der Waals surface area contributed by atoms with Crippen molar-refractivity contribution in [1.29, 1.82) is 0 Å². The minimum absolute atomic E-state index is 0.182. The summed E-state index contributed by atoms with van der Waals surface area (Å²) in [5.41, 5.74) is 2.35. The molecule has 0 bridgehead atoms. The van der Waals surface area contributed by atoms with Gasteiger partial charge in [-0.05, 0) is 37.1 Å². The number of hydrogen-bond donors (Lipinski definition) is 1. The minimum atomic E-state index is -0.257. The number of nitrogens with one attached hydrogen (secondary N) is 1. The molecule has 0 saturated heterocycles. The van der Waals surface area contributed by atoms with Crippen molar-refractivity contribution < 1.29 is 4.79 Å². The zero-order chi connectivity index (χ0) is 19.9. The second kappa shape index (κ2) is 9.33. The molecule has 0 saturated carbocycles. The van der Waals surface area contributed by atoms with Crippen LogP contribution in [-0.2, 0) is 13.1 Å². The summed E-state index contributed by atoms with van der Waals surface area (Å²) in [6.45, 7) is 5.17. The van der Waals surface area contributed by atoms with E-state index in [0.29, 0.717) is 29.8 Å². The van der Waals surface area contributed by atoms with Gasteiger partial charge in [-0.3, -0.25) is 4.79 Å². The summed E-state index contributed by atoms with van der Waals surface area (Å²) in [5.74, 6) is 0.274. The number of amides is 1. The molecule has 1 amide bonds. The maximum Gasteiger partial charge on any atom is 0.270 e. The van der Waals surface area contributed by atoms with Gasteiger partial charge in [-0.2, -0.15) is 0 Å². The number of halogens is 1. The van der Waals surface area contributed by atoms with Crippen LogP contribution < -0.4 is 10.2 Å². The first kappa shape index (κ1) is 19.8. The first-order valence-corrected chi connectivity index (χ1v) is 9.57. The van der Waals surface area contributed by atoms with Crippen molar-refractivity contribution in [3.63, 3.8) is 0 Å². The first-order chi connectivity index (χ1) is 13.5. The van der Waals surface area contributed by atoms with E-state index >= 15 is 0 Å². The van der Waals surface area contributed by atoms with E-state index in [1.54, 1.807) is 18.3 Å². The summed E-state index contributed by atoms with van der Waals surface area (Å²) in [6, 6.07) is 19.4. The molecule has 2 aromatic carbocycles. The maximum absolute atomic E-state index is 12.6.